The van der Waals surface area contributed by atoms with E-state index in [1.807, 2.05) is 37.3 Å². The maximum Gasteiger partial charge on any atom is 0.308 e. The zero-order chi connectivity index (χ0) is 22.0. The van der Waals surface area contributed by atoms with E-state index in [1.165, 1.54) is 12.1 Å². The van der Waals surface area contributed by atoms with Gasteiger partial charge in [0.2, 0.25) is 10.0 Å². The molecule has 0 unspecified atom stereocenters. The standard InChI is InChI=1S/C23H24N2O5S/c1-15-13-16(19-5-2-3-7-21(19)24-15)14-30-17-9-11-18(12-10-17)31(28,29)25-22-8-4-6-20(22)23(26)27/h2-3,5,7,9-13,20,22,25H,4,6,8,14H2,1H3,(H,26,27)/t20-,22+/m1/s1. The number of aryl methyl sites for hydroxylation is 1. The normalized spacial score (nSPS) is 18.9. The number of benzene rings is 2. The lowest BCUT2D eigenvalue weighted by molar-refractivity contribution is -0.141. The molecule has 31 heavy (non-hydrogen) atoms. The predicted octanol–water partition coefficient (Wildman–Crippen LogP) is 3.65. The van der Waals surface area contributed by atoms with Crippen molar-refractivity contribution in [2.75, 3.05) is 0 Å². The number of fused-ring (bicyclic) bond motifs is 1. The maximum absolute atomic E-state index is 12.7. The molecule has 0 saturated heterocycles. The van der Waals surface area contributed by atoms with E-state index in [4.69, 9.17) is 4.74 Å². The molecule has 1 aromatic heterocycles. The largest absolute Gasteiger partial charge is 0.489 e. The minimum absolute atomic E-state index is 0.0843. The fourth-order valence-electron chi connectivity index (χ4n) is 4.05. The number of carboxylic acid groups (broad SMARTS) is 1. The van der Waals surface area contributed by atoms with Gasteiger partial charge in [0.25, 0.3) is 0 Å². The van der Waals surface area contributed by atoms with E-state index in [9.17, 15) is 18.3 Å². The van der Waals surface area contributed by atoms with Gasteiger partial charge in [0.1, 0.15) is 12.4 Å². The molecule has 0 aliphatic heterocycles. The van der Waals surface area contributed by atoms with Gasteiger partial charge in [0.15, 0.2) is 0 Å². The van der Waals surface area contributed by atoms with Gasteiger partial charge in [-0.15, -0.1) is 0 Å². The summed E-state index contributed by atoms with van der Waals surface area (Å²) in [6.07, 6.45) is 1.70. The van der Waals surface area contributed by atoms with Crippen LogP contribution in [0.15, 0.2) is 59.5 Å². The van der Waals surface area contributed by atoms with Crippen LogP contribution in [-0.2, 0) is 21.4 Å². The summed E-state index contributed by atoms with van der Waals surface area (Å²) in [5, 5.41) is 10.3. The Kier molecular flexibility index (Phi) is 5.93. The van der Waals surface area contributed by atoms with Crippen molar-refractivity contribution in [1.82, 2.24) is 9.71 Å². The number of rotatable bonds is 7. The molecule has 0 radical (unpaired) electrons. The van der Waals surface area contributed by atoms with Crippen LogP contribution in [0.1, 0.15) is 30.5 Å². The molecule has 1 saturated carbocycles. The Bertz CT molecular complexity index is 1210. The first kappa shape index (κ1) is 21.3. The quantitative estimate of drug-likeness (QED) is 0.581. The zero-order valence-corrected chi connectivity index (χ0v) is 17.9. The Morgan fingerprint density at radius 1 is 1.16 bits per heavy atom. The number of hydrogen-bond donors (Lipinski definition) is 2. The fourth-order valence-corrected chi connectivity index (χ4v) is 5.37. The van der Waals surface area contributed by atoms with Gasteiger partial charge in [-0.25, -0.2) is 13.1 Å². The van der Waals surface area contributed by atoms with Crippen LogP contribution in [0.25, 0.3) is 10.9 Å². The summed E-state index contributed by atoms with van der Waals surface area (Å²) in [5.41, 5.74) is 2.80. The predicted molar refractivity (Wildman–Crippen MR) is 116 cm³/mol. The molecular weight excluding hydrogens is 416 g/mol. The Balaban J connectivity index is 1.46. The summed E-state index contributed by atoms with van der Waals surface area (Å²) >= 11 is 0. The Hall–Kier alpha value is -2.97. The zero-order valence-electron chi connectivity index (χ0n) is 17.1. The number of carbonyl (C=O) groups is 1. The van der Waals surface area contributed by atoms with Gasteiger partial charge in [-0.05, 0) is 56.2 Å². The molecule has 0 bridgehead atoms. The van der Waals surface area contributed by atoms with Gasteiger partial charge in [0.05, 0.1) is 16.3 Å². The molecule has 1 aliphatic carbocycles. The Morgan fingerprint density at radius 2 is 1.90 bits per heavy atom. The minimum atomic E-state index is -3.81. The van der Waals surface area contributed by atoms with Gasteiger partial charge in [-0.3, -0.25) is 9.78 Å². The average Bonchev–Trinajstić information content (AvgIpc) is 3.20. The number of carboxylic acids is 1. The molecule has 7 nitrogen and oxygen atoms in total. The van der Waals surface area contributed by atoms with Crippen LogP contribution < -0.4 is 9.46 Å². The number of nitrogens with zero attached hydrogens (tertiary/aromatic N) is 1. The second-order valence-electron chi connectivity index (χ2n) is 7.80. The smallest absolute Gasteiger partial charge is 0.308 e. The number of ether oxygens (including phenoxy) is 1. The van der Waals surface area contributed by atoms with Crippen molar-refractivity contribution < 1.29 is 23.1 Å². The molecule has 1 fully saturated rings. The van der Waals surface area contributed by atoms with Crippen LogP contribution in [0.3, 0.4) is 0 Å². The first-order valence-electron chi connectivity index (χ1n) is 10.2. The first-order chi connectivity index (χ1) is 14.8. The number of aliphatic carboxylic acids is 1. The molecule has 2 atom stereocenters. The lowest BCUT2D eigenvalue weighted by Gasteiger charge is -2.17. The monoisotopic (exact) mass is 440 g/mol. The van der Waals surface area contributed by atoms with E-state index in [2.05, 4.69) is 9.71 Å². The number of para-hydroxylation sites is 1. The molecule has 0 spiro atoms. The second-order valence-corrected chi connectivity index (χ2v) is 9.52. The molecule has 8 heteroatoms. The van der Waals surface area contributed by atoms with E-state index in [-0.39, 0.29) is 4.90 Å². The summed E-state index contributed by atoms with van der Waals surface area (Å²) < 4.78 is 33.8. The highest BCUT2D eigenvalue weighted by atomic mass is 32.2. The fraction of sp³-hybridized carbons (Fsp3) is 0.304. The van der Waals surface area contributed by atoms with E-state index in [0.29, 0.717) is 31.6 Å². The van der Waals surface area contributed by atoms with Crippen LogP contribution in [0.5, 0.6) is 5.75 Å². The van der Waals surface area contributed by atoms with Gasteiger partial charge in [-0.1, -0.05) is 24.6 Å². The van der Waals surface area contributed by atoms with Crippen molar-refractivity contribution in [1.29, 1.82) is 0 Å². The summed E-state index contributed by atoms with van der Waals surface area (Å²) in [5.74, 6) is -1.11. The van der Waals surface area contributed by atoms with Crippen molar-refractivity contribution in [2.45, 2.75) is 43.7 Å². The van der Waals surface area contributed by atoms with Gasteiger partial charge in [-0.2, -0.15) is 0 Å². The third kappa shape index (κ3) is 4.70. The van der Waals surface area contributed by atoms with E-state index < -0.39 is 28.0 Å². The van der Waals surface area contributed by atoms with Crippen LogP contribution in [0.4, 0.5) is 0 Å². The van der Waals surface area contributed by atoms with Crippen LogP contribution in [-0.4, -0.2) is 30.5 Å². The van der Waals surface area contributed by atoms with Gasteiger partial charge >= 0.3 is 5.97 Å². The van der Waals surface area contributed by atoms with Crippen LogP contribution in [0, 0.1) is 12.8 Å². The number of hydrogen-bond acceptors (Lipinski definition) is 5. The molecule has 3 aromatic rings. The van der Waals surface area contributed by atoms with Gasteiger partial charge < -0.3 is 9.84 Å². The Labute approximate surface area is 181 Å². The number of pyridine rings is 1. The molecule has 2 aromatic carbocycles. The number of nitrogens with one attached hydrogen (secondary N) is 1. The highest BCUT2D eigenvalue weighted by Crippen LogP contribution is 2.28. The molecule has 4 rings (SSSR count). The summed E-state index contributed by atoms with van der Waals surface area (Å²) in [7, 11) is -3.81. The first-order valence-corrected chi connectivity index (χ1v) is 11.6. The molecular formula is C23H24N2O5S. The van der Waals surface area contributed by atoms with Crippen LogP contribution in [0.2, 0.25) is 0 Å². The van der Waals surface area contributed by atoms with E-state index in [1.54, 1.807) is 12.1 Å². The highest BCUT2D eigenvalue weighted by molar-refractivity contribution is 7.89. The maximum atomic E-state index is 12.7. The Morgan fingerprint density at radius 3 is 2.65 bits per heavy atom. The average molecular weight is 441 g/mol. The molecule has 1 heterocycles. The highest BCUT2D eigenvalue weighted by Gasteiger charge is 2.35. The summed E-state index contributed by atoms with van der Waals surface area (Å²) in [4.78, 5) is 15.9. The second kappa shape index (κ2) is 8.64. The van der Waals surface area contributed by atoms with Gasteiger partial charge in [0, 0.05) is 22.7 Å². The number of aromatic nitrogens is 1. The van der Waals surface area contributed by atoms with Crippen molar-refractivity contribution in [3.05, 3.63) is 65.9 Å². The molecule has 162 valence electrons. The van der Waals surface area contributed by atoms with E-state index in [0.717, 1.165) is 22.2 Å². The van der Waals surface area contributed by atoms with E-state index >= 15 is 0 Å². The van der Waals surface area contributed by atoms with Crippen molar-refractivity contribution in [2.24, 2.45) is 5.92 Å². The lowest BCUT2D eigenvalue weighted by atomic mass is 10.1. The third-order valence-corrected chi connectivity index (χ3v) is 7.10. The topological polar surface area (TPSA) is 106 Å². The minimum Gasteiger partial charge on any atom is -0.489 e. The summed E-state index contributed by atoms with van der Waals surface area (Å²) in [6, 6.07) is 15.4. The van der Waals surface area contributed by atoms with Crippen LogP contribution >= 0.6 is 0 Å². The number of sulfonamides is 1. The van der Waals surface area contributed by atoms with Crippen molar-refractivity contribution in [3.63, 3.8) is 0 Å². The van der Waals surface area contributed by atoms with Crippen molar-refractivity contribution in [3.8, 4) is 5.75 Å². The molecule has 0 amide bonds. The molecule has 2 N–H and O–H groups in total. The SMILES string of the molecule is Cc1cc(COc2ccc(S(=O)(=O)N[C@H]3CCC[C@H]3C(=O)O)cc2)c2ccccc2n1. The van der Waals surface area contributed by atoms with Crippen molar-refractivity contribution >= 4 is 26.9 Å². The third-order valence-electron chi connectivity index (χ3n) is 5.60. The molecule has 1 aliphatic rings. The lowest BCUT2D eigenvalue weighted by Crippen LogP contribution is -2.40. The summed E-state index contributed by atoms with van der Waals surface area (Å²) in [6.45, 7) is 2.26.